The van der Waals surface area contributed by atoms with Crippen molar-refractivity contribution >= 4 is 17.7 Å². The van der Waals surface area contributed by atoms with Crippen LogP contribution in [0.1, 0.15) is 39.1 Å². The fourth-order valence-electron chi connectivity index (χ4n) is 3.90. The van der Waals surface area contributed by atoms with Gasteiger partial charge in [0.1, 0.15) is 11.9 Å². The first-order valence-corrected chi connectivity index (χ1v) is 10.7. The highest BCUT2D eigenvalue weighted by Gasteiger charge is 2.34. The van der Waals surface area contributed by atoms with Gasteiger partial charge in [-0.2, -0.15) is 0 Å². The third-order valence-corrected chi connectivity index (χ3v) is 5.66. The number of hydrogen-bond acceptors (Lipinski definition) is 3. The number of likely N-dealkylation sites (tertiary alicyclic amines) is 1. The van der Waals surface area contributed by atoms with E-state index in [0.717, 1.165) is 5.56 Å². The number of amides is 3. The number of nitrogens with zero attached hydrogens (tertiary/aromatic N) is 1. The summed E-state index contributed by atoms with van der Waals surface area (Å²) in [5.41, 5.74) is 1.95. The van der Waals surface area contributed by atoms with Crippen molar-refractivity contribution < 1.29 is 18.8 Å². The van der Waals surface area contributed by atoms with Crippen LogP contribution in [0.2, 0.25) is 0 Å². The van der Waals surface area contributed by atoms with Crippen LogP contribution in [0, 0.1) is 18.7 Å². The molecule has 2 aromatic carbocycles. The van der Waals surface area contributed by atoms with Gasteiger partial charge in [-0.3, -0.25) is 14.4 Å². The third kappa shape index (κ3) is 5.81. The Bertz CT molecular complexity index is 982. The van der Waals surface area contributed by atoms with Gasteiger partial charge in [-0.25, -0.2) is 4.39 Å². The van der Waals surface area contributed by atoms with Gasteiger partial charge in [0.2, 0.25) is 5.91 Å². The van der Waals surface area contributed by atoms with Crippen LogP contribution in [-0.2, 0) is 4.79 Å². The lowest BCUT2D eigenvalue weighted by Crippen LogP contribution is -2.53. The summed E-state index contributed by atoms with van der Waals surface area (Å²) in [6.07, 6.45) is 2.72. The van der Waals surface area contributed by atoms with Crippen molar-refractivity contribution in [2.24, 2.45) is 5.92 Å². The number of rotatable bonds is 7. The lowest BCUT2D eigenvalue weighted by atomic mass is 9.88. The molecule has 1 atom stereocenters. The second-order valence-electron chi connectivity index (χ2n) is 7.99. The normalized spacial score (nSPS) is 15.0. The zero-order chi connectivity index (χ0) is 23.1. The Morgan fingerprint density at radius 2 is 1.81 bits per heavy atom. The molecule has 32 heavy (non-hydrogen) atoms. The molecule has 0 spiro atoms. The minimum atomic E-state index is -0.760. The molecule has 0 radical (unpaired) electrons. The van der Waals surface area contributed by atoms with Crippen LogP contribution in [-0.4, -0.2) is 48.3 Å². The van der Waals surface area contributed by atoms with E-state index in [1.165, 1.54) is 24.3 Å². The van der Waals surface area contributed by atoms with Gasteiger partial charge >= 0.3 is 0 Å². The lowest BCUT2D eigenvalue weighted by molar-refractivity contribution is -0.124. The summed E-state index contributed by atoms with van der Waals surface area (Å²) < 4.78 is 13.2. The van der Waals surface area contributed by atoms with E-state index in [4.69, 9.17) is 0 Å². The van der Waals surface area contributed by atoms with Crippen LogP contribution >= 0.6 is 0 Å². The Hall–Kier alpha value is -3.48. The number of hydrogen-bond donors (Lipinski definition) is 2. The molecule has 6 nitrogen and oxygen atoms in total. The van der Waals surface area contributed by atoms with Crippen molar-refractivity contribution in [3.05, 3.63) is 83.7 Å². The molecule has 3 amide bonds. The number of carbonyl (C=O) groups excluding carboxylic acids is 3. The minimum absolute atomic E-state index is 0.0323. The molecule has 1 aliphatic rings. The number of carbonyl (C=O) groups is 3. The van der Waals surface area contributed by atoms with Crippen molar-refractivity contribution in [2.45, 2.75) is 25.8 Å². The van der Waals surface area contributed by atoms with Crippen LogP contribution in [0.5, 0.6) is 0 Å². The first-order chi connectivity index (χ1) is 15.4. The average molecular weight is 438 g/mol. The first kappa shape index (κ1) is 23.2. The number of piperidine rings is 1. The highest BCUT2D eigenvalue weighted by Crippen LogP contribution is 2.23. The SMILES string of the molecule is C=CCNC(=O)[C@@H](NC(=O)c1ccc(F)cc1)C1CCN(C(=O)c2cccc(C)c2)CC1. The van der Waals surface area contributed by atoms with Gasteiger partial charge in [-0.05, 0) is 62.1 Å². The molecular formula is C25H28FN3O3. The van der Waals surface area contributed by atoms with Crippen molar-refractivity contribution in [1.29, 1.82) is 0 Å². The third-order valence-electron chi connectivity index (χ3n) is 5.66. The van der Waals surface area contributed by atoms with Crippen LogP contribution < -0.4 is 10.6 Å². The molecule has 3 rings (SSSR count). The molecule has 2 aromatic rings. The topological polar surface area (TPSA) is 78.5 Å². The smallest absolute Gasteiger partial charge is 0.253 e. The van der Waals surface area contributed by atoms with Crippen molar-refractivity contribution in [3.63, 3.8) is 0 Å². The Kier molecular flexibility index (Phi) is 7.76. The Morgan fingerprint density at radius 1 is 1.12 bits per heavy atom. The minimum Gasteiger partial charge on any atom is -0.351 e. The first-order valence-electron chi connectivity index (χ1n) is 10.7. The van der Waals surface area contributed by atoms with Gasteiger partial charge in [0, 0.05) is 30.8 Å². The maximum Gasteiger partial charge on any atom is 0.253 e. The molecule has 1 heterocycles. The molecule has 0 aromatic heterocycles. The van der Waals surface area contributed by atoms with E-state index in [9.17, 15) is 18.8 Å². The average Bonchev–Trinajstić information content (AvgIpc) is 2.81. The van der Waals surface area contributed by atoms with Gasteiger partial charge in [0.05, 0.1) is 0 Å². The van der Waals surface area contributed by atoms with E-state index in [1.807, 2.05) is 25.1 Å². The molecule has 1 fully saturated rings. The summed E-state index contributed by atoms with van der Waals surface area (Å²) in [5, 5.41) is 5.55. The van der Waals surface area contributed by atoms with Crippen LogP contribution in [0.25, 0.3) is 0 Å². The lowest BCUT2D eigenvalue weighted by Gasteiger charge is -2.36. The summed E-state index contributed by atoms with van der Waals surface area (Å²) in [6, 6.07) is 11.9. The van der Waals surface area contributed by atoms with Crippen LogP contribution in [0.4, 0.5) is 4.39 Å². The van der Waals surface area contributed by atoms with E-state index in [0.29, 0.717) is 31.5 Å². The standard InChI is InChI=1S/C25H28FN3O3/c1-3-13-27-24(31)22(28-23(30)19-7-9-21(26)10-8-19)18-11-14-29(15-12-18)25(32)20-6-4-5-17(2)16-20/h3-10,16,18,22H,1,11-15H2,2H3,(H,27,31)(H,28,30)/t22-/m0/s1. The number of aryl methyl sites for hydroxylation is 1. The number of benzene rings is 2. The van der Waals surface area contributed by atoms with Gasteiger partial charge in [0.25, 0.3) is 11.8 Å². The molecule has 168 valence electrons. The Labute approximate surface area is 187 Å². The van der Waals surface area contributed by atoms with Gasteiger partial charge in [-0.1, -0.05) is 23.8 Å². The highest BCUT2D eigenvalue weighted by molar-refractivity contribution is 5.97. The molecule has 7 heteroatoms. The fraction of sp³-hybridized carbons (Fsp3) is 0.320. The fourth-order valence-corrected chi connectivity index (χ4v) is 3.90. The highest BCUT2D eigenvalue weighted by atomic mass is 19.1. The molecule has 1 saturated heterocycles. The van der Waals surface area contributed by atoms with Gasteiger partial charge in [-0.15, -0.1) is 6.58 Å². The summed E-state index contributed by atoms with van der Waals surface area (Å²) in [7, 11) is 0. The molecule has 2 N–H and O–H groups in total. The van der Waals surface area contributed by atoms with Crippen LogP contribution in [0.3, 0.4) is 0 Å². The molecular weight excluding hydrogens is 409 g/mol. The largest absolute Gasteiger partial charge is 0.351 e. The molecule has 1 aliphatic heterocycles. The summed E-state index contributed by atoms with van der Waals surface area (Å²) in [4.78, 5) is 40.1. The van der Waals surface area contributed by atoms with Crippen molar-refractivity contribution in [3.8, 4) is 0 Å². The Balaban J connectivity index is 1.68. The Morgan fingerprint density at radius 3 is 2.44 bits per heavy atom. The summed E-state index contributed by atoms with van der Waals surface area (Å²) in [5.74, 6) is -1.35. The van der Waals surface area contributed by atoms with E-state index < -0.39 is 17.8 Å². The second-order valence-corrected chi connectivity index (χ2v) is 7.99. The zero-order valence-electron chi connectivity index (χ0n) is 18.1. The number of halogens is 1. The molecule has 0 bridgehead atoms. The molecule has 0 saturated carbocycles. The van der Waals surface area contributed by atoms with E-state index in [1.54, 1.807) is 17.0 Å². The predicted octanol–water partition coefficient (Wildman–Crippen LogP) is 3.09. The summed E-state index contributed by atoms with van der Waals surface area (Å²) in [6.45, 7) is 6.82. The zero-order valence-corrected chi connectivity index (χ0v) is 18.1. The maximum atomic E-state index is 13.2. The monoisotopic (exact) mass is 437 g/mol. The second kappa shape index (κ2) is 10.7. The maximum absolute atomic E-state index is 13.2. The van der Waals surface area contributed by atoms with E-state index >= 15 is 0 Å². The van der Waals surface area contributed by atoms with Crippen LogP contribution in [0.15, 0.2) is 61.2 Å². The van der Waals surface area contributed by atoms with E-state index in [2.05, 4.69) is 17.2 Å². The predicted molar refractivity (Wildman–Crippen MR) is 121 cm³/mol. The van der Waals surface area contributed by atoms with Crippen molar-refractivity contribution in [2.75, 3.05) is 19.6 Å². The molecule has 0 aliphatic carbocycles. The van der Waals surface area contributed by atoms with Gasteiger partial charge in [0.15, 0.2) is 0 Å². The van der Waals surface area contributed by atoms with E-state index in [-0.39, 0.29) is 29.8 Å². The molecule has 0 unspecified atom stereocenters. The van der Waals surface area contributed by atoms with Gasteiger partial charge < -0.3 is 15.5 Å². The van der Waals surface area contributed by atoms with Crippen molar-refractivity contribution in [1.82, 2.24) is 15.5 Å². The number of nitrogens with one attached hydrogen (secondary N) is 2. The quantitative estimate of drug-likeness (QED) is 0.654. The summed E-state index contributed by atoms with van der Waals surface area (Å²) >= 11 is 0.